The number of hydrogen-bond acceptors (Lipinski definition) is 6. The Bertz CT molecular complexity index is 4460. The second-order valence-corrected chi connectivity index (χ2v) is 22.6. The van der Waals surface area contributed by atoms with E-state index < -0.39 is 0 Å². The van der Waals surface area contributed by atoms with Gasteiger partial charge in [0.05, 0.1) is 11.2 Å². The number of carbonyl (C=O) groups excluding carboxylic acids is 4. The van der Waals surface area contributed by atoms with Crippen molar-refractivity contribution in [3.63, 3.8) is 0 Å². The second kappa shape index (κ2) is 16.4. The van der Waals surface area contributed by atoms with Gasteiger partial charge in [0.2, 0.25) is 0 Å². The van der Waals surface area contributed by atoms with Crippen LogP contribution in [0.1, 0.15) is 91.4 Å². The van der Waals surface area contributed by atoms with E-state index in [9.17, 15) is 19.2 Å². The first kappa shape index (κ1) is 45.9. The van der Waals surface area contributed by atoms with E-state index >= 15 is 0 Å². The van der Waals surface area contributed by atoms with Gasteiger partial charge in [-0.15, -0.1) is 0 Å². The summed E-state index contributed by atoms with van der Waals surface area (Å²) < 4.78 is 14.2. The summed E-state index contributed by atoms with van der Waals surface area (Å²) in [6.07, 6.45) is 0. The Morgan fingerprint density at radius 1 is 0.320 bits per heavy atom. The normalized spacial score (nSPS) is 15.5. The minimum Gasteiger partial charge on any atom is -0.399 e. The standard InChI is InChI=1S/C30H14O2.C22H21BO2.C14H6Br2O2/c31-29-19-6-1-2-7-20(19)30(32)25-14-22-21(13-24(25)29)18-11-10-16-9-8-15-4-3-5-17-12-23(22)28(18)27(16)26(15)17;1-21(2)22(3,4)25-23(24-21)18-13-11-16-9-8-14-6-5-7-15-10-12-17(18)20(16)19(14)15;15-11-5-9-10(6-12(11)16)14(18)8-4-2-1-3-7(8)13(9)17/h1-14H;5-13H,1-4H3;1-6H. The van der Waals surface area contributed by atoms with E-state index in [1.807, 2.05) is 24.3 Å². The third kappa shape index (κ3) is 6.71. The minimum absolute atomic E-state index is 0.0710. The van der Waals surface area contributed by atoms with Crippen LogP contribution in [0.15, 0.2) is 185 Å². The molecule has 0 amide bonds. The SMILES string of the molecule is CC1(C)OB(c2ccc3ccc4cccc5ccc2c3c45)OC1(C)C.O=C1c2ccccc2C(=O)c2cc(Br)c(Br)cc21.O=C1c2ccccc2C(=O)c2cc3c(cc21)-c1ccc2ccc4cccc5cc-3c1c2c45. The highest BCUT2D eigenvalue weighted by Gasteiger charge is 2.52. The van der Waals surface area contributed by atoms with Crippen molar-refractivity contribution in [2.75, 3.05) is 0 Å². The van der Waals surface area contributed by atoms with Crippen LogP contribution in [0.25, 0.3) is 86.9 Å². The van der Waals surface area contributed by atoms with Crippen molar-refractivity contribution in [1.82, 2.24) is 0 Å². The van der Waals surface area contributed by atoms with Gasteiger partial charge in [0.25, 0.3) is 0 Å². The van der Waals surface area contributed by atoms with Crippen LogP contribution in [0.3, 0.4) is 0 Å². The smallest absolute Gasteiger partial charge is 0.399 e. The molecule has 1 aliphatic heterocycles. The van der Waals surface area contributed by atoms with Crippen LogP contribution in [0.5, 0.6) is 0 Å². The zero-order chi connectivity index (χ0) is 51.4. The van der Waals surface area contributed by atoms with Crippen molar-refractivity contribution < 1.29 is 28.5 Å². The van der Waals surface area contributed by atoms with Crippen LogP contribution >= 0.6 is 31.9 Å². The van der Waals surface area contributed by atoms with E-state index in [0.29, 0.717) is 44.5 Å². The van der Waals surface area contributed by atoms with Gasteiger partial charge in [-0.3, -0.25) is 19.2 Å². The molecule has 12 aromatic rings. The van der Waals surface area contributed by atoms with Gasteiger partial charge in [-0.05, 0) is 182 Å². The van der Waals surface area contributed by atoms with Crippen LogP contribution < -0.4 is 5.46 Å². The van der Waals surface area contributed by atoms with Crippen molar-refractivity contribution in [1.29, 1.82) is 0 Å². The molecule has 4 aliphatic rings. The van der Waals surface area contributed by atoms with Crippen molar-refractivity contribution in [2.45, 2.75) is 38.9 Å². The van der Waals surface area contributed by atoms with Gasteiger partial charge in [0.1, 0.15) is 0 Å². The lowest BCUT2D eigenvalue weighted by Gasteiger charge is -2.32. The first-order valence-corrected chi connectivity index (χ1v) is 26.5. The van der Waals surface area contributed by atoms with E-state index in [4.69, 9.17) is 9.31 Å². The maximum absolute atomic E-state index is 13.3. The summed E-state index contributed by atoms with van der Waals surface area (Å²) in [5.41, 5.74) is 8.69. The van der Waals surface area contributed by atoms with Gasteiger partial charge in [-0.25, -0.2) is 0 Å². The maximum atomic E-state index is 13.3. The topological polar surface area (TPSA) is 86.7 Å². The number of ketones is 4. The molecule has 0 atom stereocenters. The molecule has 6 nitrogen and oxygen atoms in total. The average molecular weight is 1100 g/mol. The number of halogens is 2. The third-order valence-corrected chi connectivity index (χ3v) is 18.2. The fourth-order valence-electron chi connectivity index (χ4n) is 11.9. The van der Waals surface area contributed by atoms with E-state index in [2.05, 4.69) is 163 Å². The summed E-state index contributed by atoms with van der Waals surface area (Å²) in [7, 11) is -0.338. The zero-order valence-electron chi connectivity index (χ0n) is 41.0. The molecular formula is C66H41BBr2O6. The summed E-state index contributed by atoms with van der Waals surface area (Å²) in [6, 6.07) is 58.3. The number of carbonyl (C=O) groups is 4. The summed E-state index contributed by atoms with van der Waals surface area (Å²) >= 11 is 6.70. The van der Waals surface area contributed by atoms with E-state index in [-0.39, 0.29) is 41.5 Å². The Kier molecular flexibility index (Phi) is 10.1. The quantitative estimate of drug-likeness (QED) is 0.120. The molecule has 75 heavy (non-hydrogen) atoms. The number of fused-ring (bicyclic) bond motifs is 7. The molecule has 0 unspecified atom stereocenters. The molecule has 12 aromatic carbocycles. The highest BCUT2D eigenvalue weighted by atomic mass is 79.9. The molecule has 0 bridgehead atoms. The molecular weight excluding hydrogens is 1060 g/mol. The number of benzene rings is 12. The van der Waals surface area contributed by atoms with Crippen molar-refractivity contribution in [3.05, 3.63) is 229 Å². The number of rotatable bonds is 1. The lowest BCUT2D eigenvalue weighted by Crippen LogP contribution is -2.41. The first-order chi connectivity index (χ1) is 36.2. The molecule has 0 saturated carbocycles. The van der Waals surface area contributed by atoms with Crippen molar-refractivity contribution in [3.8, 4) is 22.3 Å². The van der Waals surface area contributed by atoms with Gasteiger partial charge in [0.15, 0.2) is 23.1 Å². The van der Waals surface area contributed by atoms with Crippen LogP contribution in [0.2, 0.25) is 0 Å². The predicted octanol–water partition coefficient (Wildman–Crippen LogP) is 15.9. The average Bonchev–Trinajstić information content (AvgIpc) is 3.88. The second-order valence-electron chi connectivity index (χ2n) is 20.9. The van der Waals surface area contributed by atoms with Crippen LogP contribution in [-0.4, -0.2) is 41.5 Å². The first-order valence-electron chi connectivity index (χ1n) is 24.9. The summed E-state index contributed by atoms with van der Waals surface area (Å²) in [4.78, 5) is 51.3. The summed E-state index contributed by atoms with van der Waals surface area (Å²) in [6.45, 7) is 8.40. The van der Waals surface area contributed by atoms with Crippen molar-refractivity contribution >= 4 is 132 Å². The molecule has 9 heteroatoms. The molecule has 0 N–H and O–H groups in total. The van der Waals surface area contributed by atoms with E-state index in [1.54, 1.807) is 48.5 Å². The maximum Gasteiger partial charge on any atom is 0.495 e. The van der Waals surface area contributed by atoms with Crippen LogP contribution in [0, 0.1) is 0 Å². The zero-order valence-corrected chi connectivity index (χ0v) is 44.2. The molecule has 0 spiro atoms. The third-order valence-electron chi connectivity index (χ3n) is 16.3. The Hall–Kier alpha value is -7.66. The van der Waals surface area contributed by atoms with Gasteiger partial charge < -0.3 is 9.31 Å². The molecule has 0 radical (unpaired) electrons. The van der Waals surface area contributed by atoms with Gasteiger partial charge >= 0.3 is 7.12 Å². The Labute approximate surface area is 448 Å². The molecule has 1 heterocycles. The Morgan fingerprint density at radius 3 is 1.21 bits per heavy atom. The molecule has 0 aromatic heterocycles. The fourth-order valence-corrected chi connectivity index (χ4v) is 12.6. The highest BCUT2D eigenvalue weighted by Crippen LogP contribution is 2.53. The Balaban J connectivity index is 0.000000108. The number of hydrogen-bond donors (Lipinski definition) is 0. The highest BCUT2D eigenvalue weighted by molar-refractivity contribution is 9.13. The lowest BCUT2D eigenvalue weighted by atomic mass is 9.74. The van der Waals surface area contributed by atoms with Crippen LogP contribution in [0.4, 0.5) is 0 Å². The Morgan fingerprint density at radius 2 is 0.707 bits per heavy atom. The van der Waals surface area contributed by atoms with Crippen molar-refractivity contribution in [2.24, 2.45) is 0 Å². The summed E-state index contributed by atoms with van der Waals surface area (Å²) in [5, 5.41) is 15.1. The molecule has 1 fully saturated rings. The van der Waals surface area contributed by atoms with Gasteiger partial charge in [-0.2, -0.15) is 0 Å². The molecule has 3 aliphatic carbocycles. The molecule has 1 saturated heterocycles. The van der Waals surface area contributed by atoms with Crippen LogP contribution in [-0.2, 0) is 9.31 Å². The monoisotopic (exact) mass is 1100 g/mol. The van der Waals surface area contributed by atoms with E-state index in [1.165, 1.54) is 64.6 Å². The van der Waals surface area contributed by atoms with E-state index in [0.717, 1.165) is 36.7 Å². The largest absolute Gasteiger partial charge is 0.495 e. The molecule has 358 valence electrons. The predicted molar refractivity (Wildman–Crippen MR) is 309 cm³/mol. The summed E-state index contributed by atoms with van der Waals surface area (Å²) in [5.74, 6) is -0.349. The van der Waals surface area contributed by atoms with Gasteiger partial charge in [0, 0.05) is 53.5 Å². The molecule has 16 rings (SSSR count). The van der Waals surface area contributed by atoms with Gasteiger partial charge in [-0.1, -0.05) is 146 Å². The minimum atomic E-state index is -0.338. The lowest BCUT2D eigenvalue weighted by molar-refractivity contribution is 0.00578. The fraction of sp³-hybridized carbons (Fsp3) is 0.0909.